The second kappa shape index (κ2) is 7.15. The summed E-state index contributed by atoms with van der Waals surface area (Å²) in [4.78, 5) is 16.5. The molecule has 0 fully saturated rings. The third kappa shape index (κ3) is 4.12. The number of aryl methyl sites for hydroxylation is 1. The molecule has 2 N–H and O–H groups in total. The SMILES string of the molecule is Cc1cccc(NC(=O)c2cncc(Nc3cccc(Cl)c3)c2)c1. The number of pyridine rings is 1. The van der Waals surface area contributed by atoms with Crippen LogP contribution in [0.4, 0.5) is 17.1 Å². The van der Waals surface area contributed by atoms with Crippen molar-refractivity contribution in [3.05, 3.63) is 83.1 Å². The summed E-state index contributed by atoms with van der Waals surface area (Å²) in [5, 5.41) is 6.70. The number of halogens is 1. The fourth-order valence-electron chi connectivity index (χ4n) is 2.29. The lowest BCUT2D eigenvalue weighted by Gasteiger charge is -2.09. The van der Waals surface area contributed by atoms with Gasteiger partial charge in [-0.15, -0.1) is 0 Å². The van der Waals surface area contributed by atoms with Crippen molar-refractivity contribution in [2.75, 3.05) is 10.6 Å². The normalized spacial score (nSPS) is 10.2. The minimum absolute atomic E-state index is 0.206. The molecule has 0 aliphatic rings. The topological polar surface area (TPSA) is 54.0 Å². The number of nitrogens with zero attached hydrogens (tertiary/aromatic N) is 1. The van der Waals surface area contributed by atoms with Crippen LogP contribution in [0.3, 0.4) is 0 Å². The number of nitrogens with one attached hydrogen (secondary N) is 2. The van der Waals surface area contributed by atoms with Gasteiger partial charge in [-0.2, -0.15) is 0 Å². The lowest BCUT2D eigenvalue weighted by atomic mass is 10.2. The average Bonchev–Trinajstić information content (AvgIpc) is 2.55. The largest absolute Gasteiger partial charge is 0.354 e. The molecular weight excluding hydrogens is 322 g/mol. The lowest BCUT2D eigenvalue weighted by Crippen LogP contribution is -2.12. The van der Waals surface area contributed by atoms with E-state index in [4.69, 9.17) is 11.6 Å². The Labute approximate surface area is 145 Å². The zero-order valence-corrected chi connectivity index (χ0v) is 13.8. The first-order valence-electron chi connectivity index (χ1n) is 7.46. The van der Waals surface area contributed by atoms with Crippen molar-refractivity contribution >= 4 is 34.6 Å². The molecule has 2 aromatic carbocycles. The summed E-state index contributed by atoms with van der Waals surface area (Å²) in [5.74, 6) is -0.206. The van der Waals surface area contributed by atoms with Crippen LogP contribution in [0.15, 0.2) is 67.0 Å². The first-order chi connectivity index (χ1) is 11.6. The lowest BCUT2D eigenvalue weighted by molar-refractivity contribution is 0.102. The molecule has 1 aromatic heterocycles. The molecule has 0 aliphatic heterocycles. The standard InChI is InChI=1S/C19H16ClN3O/c1-13-4-2-6-16(8-13)23-19(24)14-9-18(12-21-11-14)22-17-7-3-5-15(20)10-17/h2-12,22H,1H3,(H,23,24). The quantitative estimate of drug-likeness (QED) is 0.701. The van der Waals surface area contributed by atoms with Gasteiger partial charge < -0.3 is 10.6 Å². The van der Waals surface area contributed by atoms with Gasteiger partial charge in [0, 0.05) is 22.6 Å². The van der Waals surface area contributed by atoms with E-state index >= 15 is 0 Å². The number of hydrogen-bond donors (Lipinski definition) is 2. The van der Waals surface area contributed by atoms with Crippen molar-refractivity contribution in [1.82, 2.24) is 4.98 Å². The predicted octanol–water partition coefficient (Wildman–Crippen LogP) is 5.04. The summed E-state index contributed by atoms with van der Waals surface area (Å²) >= 11 is 5.98. The summed E-state index contributed by atoms with van der Waals surface area (Å²) in [7, 11) is 0. The Bertz CT molecular complexity index is 880. The van der Waals surface area contributed by atoms with Gasteiger partial charge in [0.2, 0.25) is 0 Å². The maximum absolute atomic E-state index is 12.4. The van der Waals surface area contributed by atoms with Gasteiger partial charge in [0.05, 0.1) is 17.4 Å². The molecular formula is C19H16ClN3O. The van der Waals surface area contributed by atoms with Crippen LogP contribution in [0.5, 0.6) is 0 Å². The Hall–Kier alpha value is -2.85. The Balaban J connectivity index is 1.76. The highest BCUT2D eigenvalue weighted by Gasteiger charge is 2.08. The van der Waals surface area contributed by atoms with Crippen LogP contribution >= 0.6 is 11.6 Å². The number of amides is 1. The molecule has 0 bridgehead atoms. The van der Waals surface area contributed by atoms with Gasteiger partial charge in [0.25, 0.3) is 5.91 Å². The third-order valence-corrected chi connectivity index (χ3v) is 3.62. The van der Waals surface area contributed by atoms with Gasteiger partial charge >= 0.3 is 0 Å². The fourth-order valence-corrected chi connectivity index (χ4v) is 2.48. The average molecular weight is 338 g/mol. The van der Waals surface area contributed by atoms with Crippen molar-refractivity contribution in [1.29, 1.82) is 0 Å². The van der Waals surface area contributed by atoms with Crippen LogP contribution in [0.2, 0.25) is 5.02 Å². The Morgan fingerprint density at radius 2 is 1.75 bits per heavy atom. The summed E-state index contributed by atoms with van der Waals surface area (Å²) in [5.41, 5.74) is 3.87. The maximum atomic E-state index is 12.4. The van der Waals surface area contributed by atoms with Gasteiger partial charge in [-0.25, -0.2) is 0 Å². The first-order valence-corrected chi connectivity index (χ1v) is 7.83. The Morgan fingerprint density at radius 1 is 0.958 bits per heavy atom. The van der Waals surface area contributed by atoms with Crippen molar-refractivity contribution in [2.24, 2.45) is 0 Å². The molecule has 0 atom stereocenters. The van der Waals surface area contributed by atoms with E-state index in [-0.39, 0.29) is 5.91 Å². The molecule has 0 saturated heterocycles. The molecule has 120 valence electrons. The van der Waals surface area contributed by atoms with Crippen LogP contribution < -0.4 is 10.6 Å². The molecule has 0 radical (unpaired) electrons. The van der Waals surface area contributed by atoms with E-state index in [1.165, 1.54) is 6.20 Å². The second-order valence-electron chi connectivity index (χ2n) is 5.42. The van der Waals surface area contributed by atoms with Gasteiger partial charge in [0.15, 0.2) is 0 Å². The monoisotopic (exact) mass is 337 g/mol. The van der Waals surface area contributed by atoms with E-state index in [0.29, 0.717) is 16.3 Å². The number of carbonyl (C=O) groups excluding carboxylic acids is 1. The highest BCUT2D eigenvalue weighted by atomic mass is 35.5. The van der Waals surface area contributed by atoms with E-state index in [9.17, 15) is 4.79 Å². The molecule has 0 aliphatic carbocycles. The summed E-state index contributed by atoms with van der Waals surface area (Å²) in [6.07, 6.45) is 3.19. The summed E-state index contributed by atoms with van der Waals surface area (Å²) < 4.78 is 0. The van der Waals surface area contributed by atoms with Crippen LogP contribution in [-0.2, 0) is 0 Å². The molecule has 1 amide bonds. The second-order valence-corrected chi connectivity index (χ2v) is 5.86. The van der Waals surface area contributed by atoms with Crippen LogP contribution in [0.1, 0.15) is 15.9 Å². The zero-order chi connectivity index (χ0) is 16.9. The molecule has 3 rings (SSSR count). The molecule has 0 spiro atoms. The Morgan fingerprint density at radius 3 is 2.54 bits per heavy atom. The third-order valence-electron chi connectivity index (χ3n) is 3.39. The molecule has 5 heteroatoms. The Kier molecular flexibility index (Phi) is 4.77. The minimum atomic E-state index is -0.206. The maximum Gasteiger partial charge on any atom is 0.257 e. The first kappa shape index (κ1) is 16.0. The highest BCUT2D eigenvalue weighted by molar-refractivity contribution is 6.30. The predicted molar refractivity (Wildman–Crippen MR) is 98.1 cm³/mol. The van der Waals surface area contributed by atoms with Crippen molar-refractivity contribution in [2.45, 2.75) is 6.92 Å². The number of aromatic nitrogens is 1. The molecule has 3 aromatic rings. The van der Waals surface area contributed by atoms with Gasteiger partial charge in [-0.1, -0.05) is 29.8 Å². The molecule has 0 saturated carbocycles. The number of carbonyl (C=O) groups is 1. The van der Waals surface area contributed by atoms with E-state index < -0.39 is 0 Å². The number of rotatable bonds is 4. The van der Waals surface area contributed by atoms with Crippen LogP contribution in [0.25, 0.3) is 0 Å². The van der Waals surface area contributed by atoms with Crippen molar-refractivity contribution < 1.29 is 4.79 Å². The van der Waals surface area contributed by atoms with E-state index in [2.05, 4.69) is 15.6 Å². The van der Waals surface area contributed by atoms with E-state index in [1.807, 2.05) is 43.3 Å². The van der Waals surface area contributed by atoms with Gasteiger partial charge in [-0.3, -0.25) is 9.78 Å². The van der Waals surface area contributed by atoms with Crippen LogP contribution in [0, 0.1) is 6.92 Å². The minimum Gasteiger partial charge on any atom is -0.354 e. The van der Waals surface area contributed by atoms with Gasteiger partial charge in [-0.05, 0) is 48.9 Å². The molecule has 4 nitrogen and oxygen atoms in total. The summed E-state index contributed by atoms with van der Waals surface area (Å²) in [6, 6.07) is 16.8. The molecule has 0 unspecified atom stereocenters. The molecule has 1 heterocycles. The van der Waals surface area contributed by atoms with Crippen molar-refractivity contribution in [3.63, 3.8) is 0 Å². The highest BCUT2D eigenvalue weighted by Crippen LogP contribution is 2.20. The zero-order valence-electron chi connectivity index (χ0n) is 13.1. The van der Waals surface area contributed by atoms with E-state index in [0.717, 1.165) is 16.9 Å². The van der Waals surface area contributed by atoms with Gasteiger partial charge in [0.1, 0.15) is 0 Å². The number of benzene rings is 2. The fraction of sp³-hybridized carbons (Fsp3) is 0.0526. The molecule has 24 heavy (non-hydrogen) atoms. The smallest absolute Gasteiger partial charge is 0.257 e. The number of hydrogen-bond acceptors (Lipinski definition) is 3. The van der Waals surface area contributed by atoms with Crippen molar-refractivity contribution in [3.8, 4) is 0 Å². The number of anilines is 3. The summed E-state index contributed by atoms with van der Waals surface area (Å²) in [6.45, 7) is 1.98. The van der Waals surface area contributed by atoms with Crippen LogP contribution in [-0.4, -0.2) is 10.9 Å². The van der Waals surface area contributed by atoms with E-state index in [1.54, 1.807) is 24.4 Å².